The fourth-order valence-electron chi connectivity index (χ4n) is 10.6. The van der Waals surface area contributed by atoms with Crippen molar-refractivity contribution in [1.82, 2.24) is 0 Å². The standard InChI is InChI=1S/C53H38N2S2/c1-3-11-35(12-4-1)54(45-18-9-16-38-37-15-7-8-20-47(37)56-52(38)45)43-28-23-32-22-27-40-44(29-24-33-21-26-39(43)49(32)50(33)40)55(36-13-5-2-6-14-36)46-19-10-17-41-51-42-31-34(42)25-30-48(51)57-53(41)46/h1-22,24-30,32,34,40,42,44H,23,31H2/t32?,34-,40?,42?,44?/m1/s1. The summed E-state index contributed by atoms with van der Waals surface area (Å²) in [5.41, 5.74) is 13.5. The highest BCUT2D eigenvalue weighted by Gasteiger charge is 2.43. The molecule has 2 heterocycles. The topological polar surface area (TPSA) is 6.48 Å². The first kappa shape index (κ1) is 32.2. The molecule has 272 valence electrons. The maximum absolute atomic E-state index is 2.66. The minimum Gasteiger partial charge on any atom is -0.332 e. The van der Waals surface area contributed by atoms with E-state index in [0.717, 1.165) is 12.3 Å². The molecule has 0 saturated heterocycles. The molecule has 57 heavy (non-hydrogen) atoms. The summed E-state index contributed by atoms with van der Waals surface area (Å²) in [5.74, 6) is 1.96. The molecule has 2 nitrogen and oxygen atoms in total. The predicted octanol–water partition coefficient (Wildman–Crippen LogP) is 15.0. The Morgan fingerprint density at radius 2 is 1.30 bits per heavy atom. The molecule has 5 aliphatic rings. The van der Waals surface area contributed by atoms with Crippen LogP contribution >= 0.6 is 22.7 Å². The van der Waals surface area contributed by atoms with Gasteiger partial charge in [0.1, 0.15) is 0 Å². The molecule has 0 aliphatic heterocycles. The first-order valence-corrected chi connectivity index (χ1v) is 22.0. The van der Waals surface area contributed by atoms with Gasteiger partial charge < -0.3 is 9.80 Å². The van der Waals surface area contributed by atoms with Crippen molar-refractivity contribution < 1.29 is 0 Å². The highest BCUT2D eigenvalue weighted by Crippen LogP contribution is 2.59. The fourth-order valence-corrected chi connectivity index (χ4v) is 13.1. The lowest BCUT2D eigenvalue weighted by molar-refractivity contribution is 0.652. The monoisotopic (exact) mass is 766 g/mol. The maximum atomic E-state index is 2.66. The fraction of sp³-hybridized carbons (Fsp3) is 0.132. The van der Waals surface area contributed by atoms with Crippen LogP contribution in [0.25, 0.3) is 48.1 Å². The third-order valence-corrected chi connectivity index (χ3v) is 15.6. The van der Waals surface area contributed by atoms with E-state index in [-0.39, 0.29) is 12.0 Å². The maximum Gasteiger partial charge on any atom is 0.0640 e. The Morgan fingerprint density at radius 3 is 2.18 bits per heavy atom. The van der Waals surface area contributed by atoms with Crippen LogP contribution in [0.1, 0.15) is 63.3 Å². The van der Waals surface area contributed by atoms with Crippen LogP contribution in [0.2, 0.25) is 0 Å². The van der Waals surface area contributed by atoms with Crippen LogP contribution in [0.5, 0.6) is 0 Å². The number of anilines is 4. The second kappa shape index (κ2) is 12.3. The van der Waals surface area contributed by atoms with Crippen LogP contribution in [0.3, 0.4) is 0 Å². The van der Waals surface area contributed by atoms with Crippen molar-refractivity contribution in [2.45, 2.75) is 36.6 Å². The minimum atomic E-state index is 0.115. The summed E-state index contributed by atoms with van der Waals surface area (Å²) in [6.45, 7) is 0. The van der Waals surface area contributed by atoms with E-state index < -0.39 is 0 Å². The first-order valence-electron chi connectivity index (χ1n) is 20.4. The van der Waals surface area contributed by atoms with E-state index >= 15 is 0 Å². The number of nitrogens with zero attached hydrogens (tertiary/aromatic N) is 2. The first-order chi connectivity index (χ1) is 28.3. The molecule has 0 radical (unpaired) electrons. The summed E-state index contributed by atoms with van der Waals surface area (Å²) in [4.78, 5) is 6.66. The van der Waals surface area contributed by atoms with Crippen molar-refractivity contribution >= 4 is 93.5 Å². The summed E-state index contributed by atoms with van der Waals surface area (Å²) < 4.78 is 4.07. The van der Waals surface area contributed by atoms with Crippen LogP contribution in [-0.4, -0.2) is 6.04 Å². The van der Waals surface area contributed by atoms with Gasteiger partial charge in [-0.2, -0.15) is 0 Å². The number of benzene rings is 6. The quantitative estimate of drug-likeness (QED) is 0.156. The molecule has 13 rings (SSSR count). The van der Waals surface area contributed by atoms with E-state index in [1.807, 2.05) is 22.7 Å². The molecule has 0 spiro atoms. The normalized spacial score (nSPS) is 22.0. The molecule has 8 aromatic rings. The van der Waals surface area contributed by atoms with Gasteiger partial charge in [0.25, 0.3) is 0 Å². The number of rotatable bonds is 6. The minimum absolute atomic E-state index is 0.115. The Hall–Kier alpha value is -5.94. The third kappa shape index (κ3) is 4.75. The Labute approximate surface area is 340 Å². The average Bonchev–Trinajstić information content (AvgIpc) is 3.81. The zero-order chi connectivity index (χ0) is 37.2. The largest absolute Gasteiger partial charge is 0.332 e. The van der Waals surface area contributed by atoms with E-state index in [0.29, 0.717) is 11.8 Å². The highest BCUT2D eigenvalue weighted by molar-refractivity contribution is 7.26. The molecule has 2 aromatic heterocycles. The highest BCUT2D eigenvalue weighted by atomic mass is 32.1. The van der Waals surface area contributed by atoms with Gasteiger partial charge in [0.15, 0.2) is 0 Å². The smallest absolute Gasteiger partial charge is 0.0640 e. The van der Waals surface area contributed by atoms with Crippen molar-refractivity contribution in [3.63, 3.8) is 0 Å². The average molecular weight is 767 g/mol. The number of fused-ring (bicyclic) bond motifs is 8. The number of allylic oxidation sites excluding steroid dienone is 3. The van der Waals surface area contributed by atoms with E-state index in [1.165, 1.54) is 92.3 Å². The van der Waals surface area contributed by atoms with Crippen molar-refractivity contribution in [3.05, 3.63) is 197 Å². The van der Waals surface area contributed by atoms with E-state index in [1.54, 1.807) is 5.56 Å². The molecule has 0 amide bonds. The van der Waals surface area contributed by atoms with Gasteiger partial charge in [0, 0.05) is 54.8 Å². The molecule has 0 N–H and O–H groups in total. The van der Waals surface area contributed by atoms with Gasteiger partial charge >= 0.3 is 0 Å². The Kier molecular flexibility index (Phi) is 6.93. The number of para-hydroxylation sites is 2. The molecule has 4 heteroatoms. The van der Waals surface area contributed by atoms with Crippen molar-refractivity contribution in [2.75, 3.05) is 9.80 Å². The zero-order valence-corrected chi connectivity index (χ0v) is 32.9. The molecule has 1 saturated carbocycles. The predicted molar refractivity (Wildman–Crippen MR) is 245 cm³/mol. The van der Waals surface area contributed by atoms with Gasteiger partial charge in [0.05, 0.1) is 26.8 Å². The van der Waals surface area contributed by atoms with E-state index in [2.05, 4.69) is 186 Å². The van der Waals surface area contributed by atoms with Crippen LogP contribution in [0.4, 0.5) is 22.7 Å². The molecule has 0 bridgehead atoms. The van der Waals surface area contributed by atoms with Gasteiger partial charge in [-0.15, -0.1) is 22.7 Å². The second-order valence-electron chi connectivity index (χ2n) is 16.2. The zero-order valence-electron chi connectivity index (χ0n) is 31.3. The van der Waals surface area contributed by atoms with Gasteiger partial charge in [0.2, 0.25) is 0 Å². The lowest BCUT2D eigenvalue weighted by atomic mass is 9.69. The Bertz CT molecular complexity index is 3070. The van der Waals surface area contributed by atoms with Crippen LogP contribution in [0, 0.1) is 5.92 Å². The van der Waals surface area contributed by atoms with E-state index in [4.69, 9.17) is 0 Å². The third-order valence-electron chi connectivity index (χ3n) is 13.2. The number of hydrogen-bond acceptors (Lipinski definition) is 4. The summed E-state index contributed by atoms with van der Waals surface area (Å²) in [7, 11) is 0. The van der Waals surface area contributed by atoms with Crippen LogP contribution < -0.4 is 9.80 Å². The summed E-state index contributed by atoms with van der Waals surface area (Å²) in [6, 6.07) is 49.8. The molecule has 4 unspecified atom stereocenters. The van der Waals surface area contributed by atoms with Gasteiger partial charge in [-0.1, -0.05) is 127 Å². The second-order valence-corrected chi connectivity index (χ2v) is 18.4. The van der Waals surface area contributed by atoms with Gasteiger partial charge in [-0.05, 0) is 101 Å². The van der Waals surface area contributed by atoms with Gasteiger partial charge in [-0.3, -0.25) is 0 Å². The molecule has 5 atom stereocenters. The molecule has 6 aromatic carbocycles. The lowest BCUT2D eigenvalue weighted by Gasteiger charge is -2.43. The molecular formula is C53H38N2S2. The van der Waals surface area contributed by atoms with Gasteiger partial charge in [-0.25, -0.2) is 0 Å². The van der Waals surface area contributed by atoms with Crippen LogP contribution in [-0.2, 0) is 0 Å². The van der Waals surface area contributed by atoms with Crippen molar-refractivity contribution in [2.24, 2.45) is 5.92 Å². The summed E-state index contributed by atoms with van der Waals surface area (Å²) in [6.07, 6.45) is 19.6. The molecule has 5 aliphatic carbocycles. The van der Waals surface area contributed by atoms with Crippen molar-refractivity contribution in [1.29, 1.82) is 0 Å². The van der Waals surface area contributed by atoms with E-state index in [9.17, 15) is 0 Å². The Morgan fingerprint density at radius 1 is 0.544 bits per heavy atom. The number of thiophene rings is 2. The van der Waals surface area contributed by atoms with Crippen molar-refractivity contribution in [3.8, 4) is 0 Å². The number of hydrogen-bond donors (Lipinski definition) is 0. The Balaban J connectivity index is 0.980. The summed E-state index contributed by atoms with van der Waals surface area (Å²) >= 11 is 3.89. The SMILES string of the molecule is C1=CC(N(c2ccccc2)c2cccc3c4c(sc23)C=C[C@@H]2CC42)C2C=CC3CC=C(N(c4ccccc4)c4cccc5c4sc4ccccc45)c4ccc1c2c43. The lowest BCUT2D eigenvalue weighted by Crippen LogP contribution is -2.38. The summed E-state index contributed by atoms with van der Waals surface area (Å²) in [5, 5.41) is 4.10. The molecule has 1 fully saturated rings. The molecular weight excluding hydrogens is 729 g/mol. The van der Waals surface area contributed by atoms with Crippen LogP contribution in [0.15, 0.2) is 164 Å².